The van der Waals surface area contributed by atoms with Crippen LogP contribution in [0, 0.1) is 0 Å². The maximum atomic E-state index is 12.5. The van der Waals surface area contributed by atoms with Gasteiger partial charge in [-0.15, -0.1) is 0 Å². The van der Waals surface area contributed by atoms with Crippen LogP contribution < -0.4 is 5.32 Å². The molecule has 19 heavy (non-hydrogen) atoms. The molecule has 2 rings (SSSR count). The second kappa shape index (κ2) is 5.27. The van der Waals surface area contributed by atoms with Gasteiger partial charge in [0.05, 0.1) is 19.3 Å². The Morgan fingerprint density at radius 1 is 1.32 bits per heavy atom. The number of halogens is 3. The van der Waals surface area contributed by atoms with Crippen LogP contribution in [0.4, 0.5) is 19.1 Å². The number of alkyl halides is 3. The van der Waals surface area contributed by atoms with Crippen molar-refractivity contribution in [2.24, 2.45) is 0 Å². The van der Waals surface area contributed by atoms with Gasteiger partial charge in [0, 0.05) is 6.20 Å². The van der Waals surface area contributed by atoms with Crippen LogP contribution in [0.3, 0.4) is 0 Å². The van der Waals surface area contributed by atoms with Gasteiger partial charge >= 0.3 is 6.18 Å². The number of ether oxygens (including phenoxy) is 1. The molecule has 0 radical (unpaired) electrons. The molecule has 3 N–H and O–H groups in total. The van der Waals surface area contributed by atoms with Crippen LogP contribution in [0.15, 0.2) is 12.3 Å². The van der Waals surface area contributed by atoms with Gasteiger partial charge in [0.25, 0.3) is 0 Å². The van der Waals surface area contributed by atoms with E-state index >= 15 is 0 Å². The van der Waals surface area contributed by atoms with Crippen molar-refractivity contribution in [3.63, 3.8) is 0 Å². The van der Waals surface area contributed by atoms with E-state index in [1.807, 2.05) is 0 Å². The summed E-state index contributed by atoms with van der Waals surface area (Å²) in [5.41, 5.74) is -1.09. The van der Waals surface area contributed by atoms with Crippen molar-refractivity contribution in [3.05, 3.63) is 18.0 Å². The molecule has 0 aromatic carbocycles. The highest BCUT2D eigenvalue weighted by molar-refractivity contribution is 5.28. The highest BCUT2D eigenvalue weighted by Gasteiger charge is 2.34. The van der Waals surface area contributed by atoms with Gasteiger partial charge in [0.2, 0.25) is 5.95 Å². The molecule has 0 amide bonds. The minimum absolute atomic E-state index is 0.0250. The molecule has 3 atom stereocenters. The predicted octanol–water partition coefficient (Wildman–Crippen LogP) is 0.0279. The number of rotatable bonds is 2. The summed E-state index contributed by atoms with van der Waals surface area (Å²) >= 11 is 0. The monoisotopic (exact) mass is 279 g/mol. The van der Waals surface area contributed by atoms with Gasteiger partial charge in [0.1, 0.15) is 17.9 Å². The Kier molecular flexibility index (Phi) is 3.88. The first-order chi connectivity index (χ1) is 8.88. The van der Waals surface area contributed by atoms with Crippen molar-refractivity contribution in [2.75, 3.05) is 18.5 Å². The maximum Gasteiger partial charge on any atom is 0.433 e. The van der Waals surface area contributed by atoms with Gasteiger partial charge in [-0.2, -0.15) is 13.2 Å². The predicted molar refractivity (Wildman–Crippen MR) is 57.3 cm³/mol. The highest BCUT2D eigenvalue weighted by atomic mass is 19.4. The molecule has 0 saturated carbocycles. The third-order valence-electron chi connectivity index (χ3n) is 2.65. The third kappa shape index (κ3) is 3.31. The molecule has 9 heteroatoms. The normalized spacial score (nSPS) is 28.2. The molecule has 106 valence electrons. The fraction of sp³-hybridized carbons (Fsp3) is 0.600. The summed E-state index contributed by atoms with van der Waals surface area (Å²) in [7, 11) is 0. The second-order valence-electron chi connectivity index (χ2n) is 4.11. The Balaban J connectivity index is 2.11. The van der Waals surface area contributed by atoms with E-state index in [-0.39, 0.29) is 19.2 Å². The molecule has 2 heterocycles. The molecule has 0 spiro atoms. The van der Waals surface area contributed by atoms with E-state index in [9.17, 15) is 23.4 Å². The summed E-state index contributed by atoms with van der Waals surface area (Å²) in [6.45, 7) is 0.0145. The average Bonchev–Trinajstić information content (AvgIpc) is 2.34. The van der Waals surface area contributed by atoms with E-state index in [1.54, 1.807) is 0 Å². The van der Waals surface area contributed by atoms with Gasteiger partial charge in [-0.25, -0.2) is 9.97 Å². The molecule has 0 bridgehead atoms. The molecule has 1 aliphatic heterocycles. The SMILES string of the molecule is OC1COCC(Nc2nccc(C(F)(F)F)n2)C1O. The van der Waals surface area contributed by atoms with Gasteiger partial charge in [-0.05, 0) is 6.07 Å². The van der Waals surface area contributed by atoms with Crippen LogP contribution in [0.5, 0.6) is 0 Å². The molecule has 1 saturated heterocycles. The fourth-order valence-corrected chi connectivity index (χ4v) is 1.66. The fourth-order valence-electron chi connectivity index (χ4n) is 1.66. The van der Waals surface area contributed by atoms with Crippen molar-refractivity contribution < 1.29 is 28.1 Å². The lowest BCUT2D eigenvalue weighted by molar-refractivity contribution is -0.141. The molecule has 6 nitrogen and oxygen atoms in total. The van der Waals surface area contributed by atoms with Crippen molar-refractivity contribution in [3.8, 4) is 0 Å². The first kappa shape index (κ1) is 14.0. The number of anilines is 1. The molecule has 1 fully saturated rings. The summed E-state index contributed by atoms with van der Waals surface area (Å²) in [5, 5.41) is 21.5. The first-order valence-electron chi connectivity index (χ1n) is 5.48. The van der Waals surface area contributed by atoms with Crippen LogP contribution >= 0.6 is 0 Å². The van der Waals surface area contributed by atoms with Crippen molar-refractivity contribution in [1.82, 2.24) is 9.97 Å². The summed E-state index contributed by atoms with van der Waals surface area (Å²) in [6.07, 6.45) is -5.87. The highest BCUT2D eigenvalue weighted by Crippen LogP contribution is 2.27. The molecular weight excluding hydrogens is 267 g/mol. The maximum absolute atomic E-state index is 12.5. The largest absolute Gasteiger partial charge is 0.433 e. The van der Waals surface area contributed by atoms with Gasteiger partial charge in [-0.1, -0.05) is 0 Å². The van der Waals surface area contributed by atoms with E-state index in [1.165, 1.54) is 0 Å². The van der Waals surface area contributed by atoms with Crippen LogP contribution in [-0.4, -0.2) is 51.6 Å². The Labute approximate surface area is 106 Å². The van der Waals surface area contributed by atoms with Gasteiger partial charge < -0.3 is 20.3 Å². The average molecular weight is 279 g/mol. The Bertz CT molecular complexity index is 444. The third-order valence-corrected chi connectivity index (χ3v) is 2.65. The molecule has 1 aromatic rings. The van der Waals surface area contributed by atoms with Crippen molar-refractivity contribution >= 4 is 5.95 Å². The van der Waals surface area contributed by atoms with E-state index in [4.69, 9.17) is 4.74 Å². The minimum atomic E-state index is -4.57. The standard InChI is InChI=1S/C10H12F3N3O3/c11-10(12,13)7-1-2-14-9(16-7)15-5-3-19-4-6(17)8(5)18/h1-2,5-6,8,17-18H,3-4H2,(H,14,15,16). The smallest absolute Gasteiger partial charge is 0.388 e. The Morgan fingerprint density at radius 2 is 2.05 bits per heavy atom. The first-order valence-corrected chi connectivity index (χ1v) is 5.48. The van der Waals surface area contributed by atoms with Crippen LogP contribution in [0.1, 0.15) is 5.69 Å². The van der Waals surface area contributed by atoms with Crippen LogP contribution in [0.25, 0.3) is 0 Å². The van der Waals surface area contributed by atoms with Crippen molar-refractivity contribution in [2.45, 2.75) is 24.4 Å². The zero-order valence-electron chi connectivity index (χ0n) is 9.63. The van der Waals surface area contributed by atoms with E-state index in [2.05, 4.69) is 15.3 Å². The summed E-state index contributed by atoms with van der Waals surface area (Å²) in [6, 6.07) is -0.0272. The lowest BCUT2D eigenvalue weighted by Gasteiger charge is -2.32. The van der Waals surface area contributed by atoms with E-state index in [0.717, 1.165) is 12.3 Å². The molecule has 0 aliphatic carbocycles. The zero-order chi connectivity index (χ0) is 14.0. The van der Waals surface area contributed by atoms with Crippen LogP contribution in [-0.2, 0) is 10.9 Å². The van der Waals surface area contributed by atoms with E-state index in [0.29, 0.717) is 0 Å². The number of hydrogen-bond acceptors (Lipinski definition) is 6. The van der Waals surface area contributed by atoms with Gasteiger partial charge in [-0.3, -0.25) is 0 Å². The lowest BCUT2D eigenvalue weighted by Crippen LogP contribution is -2.51. The summed E-state index contributed by atoms with van der Waals surface area (Å²) in [4.78, 5) is 6.94. The van der Waals surface area contributed by atoms with Crippen molar-refractivity contribution in [1.29, 1.82) is 0 Å². The lowest BCUT2D eigenvalue weighted by atomic mass is 10.0. The molecular formula is C10H12F3N3O3. The molecule has 1 aromatic heterocycles. The number of hydrogen-bond donors (Lipinski definition) is 3. The number of aliphatic hydroxyl groups is 2. The summed E-state index contributed by atoms with van der Waals surface area (Å²) in [5.74, 6) is -0.281. The number of nitrogens with zero attached hydrogens (tertiary/aromatic N) is 2. The molecule has 1 aliphatic rings. The van der Waals surface area contributed by atoms with E-state index < -0.39 is 30.1 Å². The molecule has 3 unspecified atom stereocenters. The summed E-state index contributed by atoms with van der Waals surface area (Å²) < 4.78 is 42.3. The topological polar surface area (TPSA) is 87.5 Å². The number of aromatic nitrogens is 2. The number of aliphatic hydroxyl groups excluding tert-OH is 2. The van der Waals surface area contributed by atoms with Crippen LogP contribution in [0.2, 0.25) is 0 Å². The minimum Gasteiger partial charge on any atom is -0.388 e. The Hall–Kier alpha value is -1.45. The number of nitrogens with one attached hydrogen (secondary N) is 1. The quantitative estimate of drug-likeness (QED) is 0.708. The second-order valence-corrected chi connectivity index (χ2v) is 4.11. The zero-order valence-corrected chi connectivity index (χ0v) is 9.63. The van der Waals surface area contributed by atoms with Gasteiger partial charge in [0.15, 0.2) is 0 Å². The Morgan fingerprint density at radius 3 is 2.74 bits per heavy atom.